The minimum absolute atomic E-state index is 0. The van der Waals surface area contributed by atoms with Crippen LogP contribution in [0.4, 0.5) is 0 Å². The second-order valence-electron chi connectivity index (χ2n) is 8.82. The molecule has 4 aromatic carbocycles. The molecule has 1 aliphatic carbocycles. The molecule has 38 heavy (non-hydrogen) atoms. The number of carboxylic acids is 1. The molecule has 0 fully saturated rings. The highest BCUT2D eigenvalue weighted by Crippen LogP contribution is 2.31. The van der Waals surface area contributed by atoms with E-state index in [1.807, 2.05) is 36.4 Å². The molecule has 0 aromatic heterocycles. The van der Waals surface area contributed by atoms with Gasteiger partial charge in [0.25, 0.3) is 0 Å². The molecule has 0 radical (unpaired) electrons. The summed E-state index contributed by atoms with van der Waals surface area (Å²) in [4.78, 5) is 27.1. The lowest BCUT2D eigenvalue weighted by Crippen LogP contribution is -2.10. The van der Waals surface area contributed by atoms with E-state index in [1.54, 1.807) is 23.5 Å². The molecule has 196 valence electrons. The molecule has 0 bridgehead atoms. The molecule has 0 amide bonds. The molecule has 1 aliphatic rings. The van der Waals surface area contributed by atoms with E-state index in [2.05, 4.69) is 66.7 Å². The SMILES string of the molecule is C.O=C(O)CCCc1ccc(Sc2ccccc2)cc1.O=C1CCCc2ccc(Sc3ccccc3)cc21. The highest BCUT2D eigenvalue weighted by Gasteiger charge is 2.17. The van der Waals surface area contributed by atoms with Crippen molar-refractivity contribution in [3.05, 3.63) is 120 Å². The standard InChI is InChI=1S/C16H16O2S.C16H14OS.CH4/c17-16(18)8-4-5-13-9-11-15(12-10-13)19-14-6-2-1-3-7-14;17-16-8-4-5-12-9-10-14(11-15(12)16)18-13-6-2-1-3-7-13;/h1-3,6-7,9-12H,4-5,8H2,(H,17,18);1-3,6-7,9-11H,4-5,8H2;1H4. The number of aryl methyl sites for hydroxylation is 2. The Morgan fingerprint density at radius 2 is 1.26 bits per heavy atom. The summed E-state index contributed by atoms with van der Waals surface area (Å²) >= 11 is 3.44. The number of fused-ring (bicyclic) bond motifs is 1. The normalized spacial score (nSPS) is 11.9. The molecule has 0 unspecified atom stereocenters. The number of hydrogen-bond donors (Lipinski definition) is 1. The number of Topliss-reactive ketones (excluding diaryl/α,β-unsaturated/α-hetero) is 1. The van der Waals surface area contributed by atoms with Gasteiger partial charge in [-0.1, -0.05) is 85.5 Å². The number of aliphatic carboxylic acids is 1. The van der Waals surface area contributed by atoms with Crippen molar-refractivity contribution in [3.8, 4) is 0 Å². The summed E-state index contributed by atoms with van der Waals surface area (Å²) in [6, 6.07) is 35.1. The summed E-state index contributed by atoms with van der Waals surface area (Å²) in [7, 11) is 0. The first kappa shape index (κ1) is 29.3. The summed E-state index contributed by atoms with van der Waals surface area (Å²) < 4.78 is 0. The summed E-state index contributed by atoms with van der Waals surface area (Å²) in [5, 5.41) is 8.60. The third kappa shape index (κ3) is 9.23. The van der Waals surface area contributed by atoms with Crippen molar-refractivity contribution in [2.24, 2.45) is 0 Å². The molecule has 3 nitrogen and oxygen atoms in total. The molecule has 4 aromatic rings. The molecule has 5 heteroatoms. The van der Waals surface area contributed by atoms with Gasteiger partial charge in [0, 0.05) is 38.0 Å². The summed E-state index contributed by atoms with van der Waals surface area (Å²) in [6.07, 6.45) is 4.49. The lowest BCUT2D eigenvalue weighted by molar-refractivity contribution is -0.137. The summed E-state index contributed by atoms with van der Waals surface area (Å²) in [5.74, 6) is -0.428. The highest BCUT2D eigenvalue weighted by atomic mass is 32.2. The molecule has 5 rings (SSSR count). The van der Waals surface area contributed by atoms with Crippen LogP contribution in [0.25, 0.3) is 0 Å². The highest BCUT2D eigenvalue weighted by molar-refractivity contribution is 7.99. The van der Waals surface area contributed by atoms with Crippen LogP contribution in [0.3, 0.4) is 0 Å². The van der Waals surface area contributed by atoms with Crippen molar-refractivity contribution < 1.29 is 14.7 Å². The zero-order chi connectivity index (χ0) is 25.9. The molecule has 0 aliphatic heterocycles. The Morgan fingerprint density at radius 3 is 1.87 bits per heavy atom. The fraction of sp³-hybridized carbons (Fsp3) is 0.212. The zero-order valence-corrected chi connectivity index (χ0v) is 22.3. The Morgan fingerprint density at radius 1 is 0.711 bits per heavy atom. The van der Waals surface area contributed by atoms with Crippen LogP contribution in [0.5, 0.6) is 0 Å². The van der Waals surface area contributed by atoms with E-state index in [9.17, 15) is 9.59 Å². The molecular formula is C33H34O3S2. The zero-order valence-electron chi connectivity index (χ0n) is 20.6. The van der Waals surface area contributed by atoms with Gasteiger partial charge in [0.1, 0.15) is 0 Å². The number of benzene rings is 4. The van der Waals surface area contributed by atoms with Crippen LogP contribution >= 0.6 is 23.5 Å². The predicted octanol–water partition coefficient (Wildman–Crippen LogP) is 9.24. The Kier molecular flexibility index (Phi) is 11.7. The van der Waals surface area contributed by atoms with E-state index in [0.29, 0.717) is 18.6 Å². The number of carbonyl (C=O) groups is 2. The van der Waals surface area contributed by atoms with Crippen molar-refractivity contribution in [1.29, 1.82) is 0 Å². The monoisotopic (exact) mass is 542 g/mol. The second-order valence-corrected chi connectivity index (χ2v) is 11.1. The van der Waals surface area contributed by atoms with E-state index < -0.39 is 5.97 Å². The number of carboxylic acid groups (broad SMARTS) is 1. The Hall–Kier alpha value is -3.28. The van der Waals surface area contributed by atoms with Gasteiger partial charge < -0.3 is 5.11 Å². The van der Waals surface area contributed by atoms with Gasteiger partial charge in [0.05, 0.1) is 0 Å². The second kappa shape index (κ2) is 15.2. The largest absolute Gasteiger partial charge is 0.481 e. The number of hydrogen-bond acceptors (Lipinski definition) is 4. The van der Waals surface area contributed by atoms with Gasteiger partial charge in [-0.05, 0) is 85.3 Å². The van der Waals surface area contributed by atoms with Gasteiger partial charge in [-0.15, -0.1) is 0 Å². The maximum atomic E-state index is 11.9. The van der Waals surface area contributed by atoms with Crippen molar-refractivity contribution in [3.63, 3.8) is 0 Å². The molecule has 0 atom stereocenters. The average molecular weight is 543 g/mol. The Balaban J connectivity index is 0.000000205. The molecule has 0 heterocycles. The van der Waals surface area contributed by atoms with E-state index in [0.717, 1.165) is 29.7 Å². The first-order valence-corrected chi connectivity index (χ1v) is 14.1. The van der Waals surface area contributed by atoms with Gasteiger partial charge in [0.15, 0.2) is 5.78 Å². The number of ketones is 1. The topological polar surface area (TPSA) is 54.4 Å². The first-order chi connectivity index (χ1) is 18.1. The van der Waals surface area contributed by atoms with Crippen molar-refractivity contribution in [1.82, 2.24) is 0 Å². The van der Waals surface area contributed by atoms with Crippen LogP contribution in [-0.2, 0) is 17.6 Å². The van der Waals surface area contributed by atoms with Crippen LogP contribution in [0.1, 0.15) is 54.6 Å². The maximum absolute atomic E-state index is 11.9. The van der Waals surface area contributed by atoms with Gasteiger partial charge in [-0.3, -0.25) is 9.59 Å². The average Bonchev–Trinajstić information content (AvgIpc) is 2.92. The van der Waals surface area contributed by atoms with Crippen molar-refractivity contribution in [2.45, 2.75) is 65.5 Å². The van der Waals surface area contributed by atoms with Crippen molar-refractivity contribution >= 4 is 35.3 Å². The first-order valence-electron chi connectivity index (χ1n) is 12.5. The fourth-order valence-corrected chi connectivity index (χ4v) is 5.80. The predicted molar refractivity (Wildman–Crippen MR) is 159 cm³/mol. The van der Waals surface area contributed by atoms with Crippen molar-refractivity contribution in [2.75, 3.05) is 0 Å². The fourth-order valence-electron chi connectivity index (χ4n) is 4.09. The molecule has 1 N–H and O–H groups in total. The molecule has 0 saturated heterocycles. The maximum Gasteiger partial charge on any atom is 0.303 e. The van der Waals surface area contributed by atoms with E-state index >= 15 is 0 Å². The summed E-state index contributed by atoms with van der Waals surface area (Å²) in [6.45, 7) is 0. The lowest BCUT2D eigenvalue weighted by atomic mass is 9.91. The third-order valence-electron chi connectivity index (χ3n) is 5.97. The smallest absolute Gasteiger partial charge is 0.303 e. The van der Waals surface area contributed by atoms with E-state index in [-0.39, 0.29) is 13.8 Å². The minimum atomic E-state index is -0.726. The number of rotatable bonds is 8. The van der Waals surface area contributed by atoms with Crippen LogP contribution < -0.4 is 0 Å². The van der Waals surface area contributed by atoms with E-state index in [1.165, 1.54) is 25.8 Å². The van der Waals surface area contributed by atoms with Crippen LogP contribution in [0, 0.1) is 0 Å². The van der Waals surface area contributed by atoms with Gasteiger partial charge in [-0.25, -0.2) is 0 Å². The van der Waals surface area contributed by atoms with Gasteiger partial charge in [-0.2, -0.15) is 0 Å². The minimum Gasteiger partial charge on any atom is -0.481 e. The van der Waals surface area contributed by atoms with Gasteiger partial charge >= 0.3 is 5.97 Å². The van der Waals surface area contributed by atoms with Crippen LogP contribution in [0.2, 0.25) is 0 Å². The quantitative estimate of drug-likeness (QED) is 0.240. The third-order valence-corrected chi connectivity index (χ3v) is 7.98. The molecule has 0 spiro atoms. The Bertz CT molecular complexity index is 1300. The summed E-state index contributed by atoms with van der Waals surface area (Å²) in [5.41, 5.74) is 3.34. The number of carbonyl (C=O) groups excluding carboxylic acids is 1. The molecule has 0 saturated carbocycles. The van der Waals surface area contributed by atoms with Gasteiger partial charge in [0.2, 0.25) is 0 Å². The molecular weight excluding hydrogens is 508 g/mol. The van der Waals surface area contributed by atoms with Crippen LogP contribution in [0.15, 0.2) is 123 Å². The van der Waals surface area contributed by atoms with E-state index in [4.69, 9.17) is 5.11 Å². The van der Waals surface area contributed by atoms with Crippen LogP contribution in [-0.4, -0.2) is 16.9 Å². The lowest BCUT2D eigenvalue weighted by Gasteiger charge is -2.15. The Labute approximate surface area is 234 Å².